The predicted molar refractivity (Wildman–Crippen MR) is 80.9 cm³/mol. The van der Waals surface area contributed by atoms with Crippen molar-refractivity contribution >= 4 is 27.5 Å². The maximum Gasteiger partial charge on any atom is 0.147 e. The minimum Gasteiger partial charge on any atom is -0.323 e. The minimum absolute atomic E-state index is 0.00735. The molecule has 2 aromatic carbocycles. The predicted octanol–water partition coefficient (Wildman–Crippen LogP) is 5.05. The molecule has 0 saturated carbocycles. The summed E-state index contributed by atoms with van der Waals surface area (Å²) in [6, 6.07) is 12.8. The summed E-state index contributed by atoms with van der Waals surface area (Å²) in [6.07, 6.45) is 0. The molecule has 19 heavy (non-hydrogen) atoms. The summed E-state index contributed by atoms with van der Waals surface area (Å²) < 4.78 is 14.7. The molecule has 0 saturated heterocycles. The van der Waals surface area contributed by atoms with E-state index in [2.05, 4.69) is 15.9 Å². The summed E-state index contributed by atoms with van der Waals surface area (Å²) >= 11 is 9.10. The lowest BCUT2D eigenvalue weighted by molar-refractivity contribution is 0.539. The number of hydrogen-bond donors (Lipinski definition) is 1. The Bertz CT molecular complexity index is 574. The lowest BCUT2D eigenvalue weighted by Gasteiger charge is -2.21. The molecule has 0 bridgehead atoms. The van der Waals surface area contributed by atoms with Gasteiger partial charge in [0, 0.05) is 22.0 Å². The number of nitrogens with two attached hydrogens (primary N) is 1. The minimum atomic E-state index is -0.452. The molecule has 0 fully saturated rings. The van der Waals surface area contributed by atoms with Crippen LogP contribution in [0, 0.1) is 5.82 Å². The van der Waals surface area contributed by atoms with Gasteiger partial charge in [-0.25, -0.2) is 4.39 Å². The highest BCUT2D eigenvalue weighted by Crippen LogP contribution is 2.35. The third-order valence-electron chi connectivity index (χ3n) is 3.29. The van der Waals surface area contributed by atoms with Crippen molar-refractivity contribution in [2.45, 2.75) is 18.9 Å². The van der Waals surface area contributed by atoms with Crippen LogP contribution >= 0.6 is 27.5 Å². The Morgan fingerprint density at radius 1 is 1.16 bits per heavy atom. The summed E-state index contributed by atoms with van der Waals surface area (Å²) in [5.74, 6) is -0.445. The van der Waals surface area contributed by atoms with E-state index in [4.69, 9.17) is 17.3 Å². The molecule has 100 valence electrons. The fourth-order valence-electron chi connectivity index (χ4n) is 2.03. The Kier molecular flexibility index (Phi) is 4.61. The van der Waals surface area contributed by atoms with E-state index in [1.54, 1.807) is 12.1 Å². The van der Waals surface area contributed by atoms with Gasteiger partial charge in [-0.3, -0.25) is 0 Å². The van der Waals surface area contributed by atoms with Crippen LogP contribution in [-0.4, -0.2) is 0 Å². The molecule has 0 aliphatic heterocycles. The summed E-state index contributed by atoms with van der Waals surface area (Å²) in [5.41, 5.74) is 7.69. The first-order chi connectivity index (χ1) is 9.02. The fourth-order valence-corrected chi connectivity index (χ4v) is 2.51. The molecule has 2 N–H and O–H groups in total. The topological polar surface area (TPSA) is 26.0 Å². The van der Waals surface area contributed by atoms with Crippen LogP contribution in [0.15, 0.2) is 46.9 Å². The standard InChI is InChI=1S/C15H14BrClFN/c1-9(10-5-3-2-4-6-10)15(19)11-7-8-12(16)13(17)14(11)18/h2-9,15H,19H2,1H3. The Labute approximate surface area is 125 Å². The second-order valence-electron chi connectivity index (χ2n) is 4.49. The Morgan fingerprint density at radius 3 is 2.42 bits per heavy atom. The van der Waals surface area contributed by atoms with E-state index in [-0.39, 0.29) is 10.9 Å². The highest BCUT2D eigenvalue weighted by Gasteiger charge is 2.22. The van der Waals surface area contributed by atoms with Crippen LogP contribution < -0.4 is 5.73 Å². The summed E-state index contributed by atoms with van der Waals surface area (Å²) in [4.78, 5) is 0. The molecule has 2 atom stereocenters. The summed E-state index contributed by atoms with van der Waals surface area (Å²) in [6.45, 7) is 1.98. The first-order valence-corrected chi connectivity index (χ1v) is 7.13. The van der Waals surface area contributed by atoms with Gasteiger partial charge < -0.3 is 5.73 Å². The van der Waals surface area contributed by atoms with Crippen molar-refractivity contribution in [3.05, 3.63) is 68.9 Å². The number of rotatable bonds is 3. The monoisotopic (exact) mass is 341 g/mol. The second-order valence-corrected chi connectivity index (χ2v) is 5.72. The van der Waals surface area contributed by atoms with Crippen LogP contribution in [0.25, 0.3) is 0 Å². The molecule has 4 heteroatoms. The SMILES string of the molecule is CC(c1ccccc1)C(N)c1ccc(Br)c(Cl)c1F. The Morgan fingerprint density at radius 2 is 1.79 bits per heavy atom. The third-order valence-corrected chi connectivity index (χ3v) is 4.55. The molecule has 0 aliphatic rings. The van der Waals surface area contributed by atoms with Crippen molar-refractivity contribution in [1.82, 2.24) is 0 Å². The molecule has 1 nitrogen and oxygen atoms in total. The number of benzene rings is 2. The van der Waals surface area contributed by atoms with Crippen LogP contribution in [0.1, 0.15) is 30.0 Å². The zero-order valence-corrected chi connectivity index (χ0v) is 12.7. The van der Waals surface area contributed by atoms with Gasteiger partial charge >= 0.3 is 0 Å². The van der Waals surface area contributed by atoms with Crippen molar-refractivity contribution < 1.29 is 4.39 Å². The van der Waals surface area contributed by atoms with Crippen molar-refractivity contribution in [1.29, 1.82) is 0 Å². The van der Waals surface area contributed by atoms with Gasteiger partial charge in [0.15, 0.2) is 0 Å². The zero-order valence-electron chi connectivity index (χ0n) is 10.4. The highest BCUT2D eigenvalue weighted by molar-refractivity contribution is 9.10. The summed E-state index contributed by atoms with van der Waals surface area (Å²) in [7, 11) is 0. The molecule has 0 amide bonds. The maximum atomic E-state index is 14.1. The van der Waals surface area contributed by atoms with Gasteiger partial charge in [-0.05, 0) is 27.6 Å². The van der Waals surface area contributed by atoms with Crippen LogP contribution in [0.3, 0.4) is 0 Å². The molecule has 2 rings (SSSR count). The van der Waals surface area contributed by atoms with Gasteiger partial charge in [-0.15, -0.1) is 0 Å². The summed E-state index contributed by atoms with van der Waals surface area (Å²) in [5, 5.41) is 0.0770. The lowest BCUT2D eigenvalue weighted by atomic mass is 9.89. The normalized spacial score (nSPS) is 14.2. The molecular formula is C15H14BrClFN. The Balaban J connectivity index is 2.35. The van der Waals surface area contributed by atoms with Gasteiger partial charge in [0.05, 0.1) is 5.02 Å². The quantitative estimate of drug-likeness (QED) is 0.777. The van der Waals surface area contributed by atoms with Crippen LogP contribution in [0.2, 0.25) is 5.02 Å². The largest absolute Gasteiger partial charge is 0.323 e. The first-order valence-electron chi connectivity index (χ1n) is 5.96. The maximum absolute atomic E-state index is 14.1. The van der Waals surface area contributed by atoms with Crippen LogP contribution in [0.4, 0.5) is 4.39 Å². The molecule has 0 heterocycles. The average molecular weight is 343 g/mol. The van der Waals surface area contributed by atoms with Crippen molar-refractivity contribution in [2.75, 3.05) is 0 Å². The van der Waals surface area contributed by atoms with E-state index < -0.39 is 11.9 Å². The highest BCUT2D eigenvalue weighted by atomic mass is 79.9. The molecule has 0 aliphatic carbocycles. The van der Waals surface area contributed by atoms with E-state index in [9.17, 15) is 4.39 Å². The molecule has 2 aromatic rings. The first kappa shape index (κ1) is 14.5. The lowest BCUT2D eigenvalue weighted by Crippen LogP contribution is -2.19. The van der Waals surface area contributed by atoms with Crippen molar-refractivity contribution in [3.8, 4) is 0 Å². The van der Waals surface area contributed by atoms with Crippen LogP contribution in [0.5, 0.6) is 0 Å². The molecule has 0 aromatic heterocycles. The van der Waals surface area contributed by atoms with Gasteiger partial charge in [0.25, 0.3) is 0 Å². The van der Waals surface area contributed by atoms with E-state index in [1.165, 1.54) is 0 Å². The second kappa shape index (κ2) is 6.04. The number of hydrogen-bond acceptors (Lipinski definition) is 1. The van der Waals surface area contributed by atoms with Crippen molar-refractivity contribution in [2.24, 2.45) is 5.73 Å². The third kappa shape index (κ3) is 2.99. The zero-order chi connectivity index (χ0) is 14.0. The van der Waals surface area contributed by atoms with Gasteiger partial charge in [-0.1, -0.05) is 54.9 Å². The fraction of sp³-hybridized carbons (Fsp3) is 0.200. The Hall–Kier alpha value is -0.900. The smallest absolute Gasteiger partial charge is 0.147 e. The molecule has 0 spiro atoms. The van der Waals surface area contributed by atoms with Crippen LogP contribution in [-0.2, 0) is 0 Å². The van der Waals surface area contributed by atoms with E-state index in [0.717, 1.165) is 5.56 Å². The van der Waals surface area contributed by atoms with Gasteiger partial charge in [0.1, 0.15) is 5.82 Å². The molecule has 2 unspecified atom stereocenters. The number of halogens is 3. The van der Waals surface area contributed by atoms with Gasteiger partial charge in [0.2, 0.25) is 0 Å². The molecule has 0 radical (unpaired) electrons. The van der Waals surface area contributed by atoms with E-state index in [0.29, 0.717) is 10.0 Å². The molecular weight excluding hydrogens is 329 g/mol. The van der Waals surface area contributed by atoms with E-state index in [1.807, 2.05) is 37.3 Å². The average Bonchev–Trinajstić information content (AvgIpc) is 2.44. The van der Waals surface area contributed by atoms with E-state index >= 15 is 0 Å². The van der Waals surface area contributed by atoms with Crippen molar-refractivity contribution in [3.63, 3.8) is 0 Å². The van der Waals surface area contributed by atoms with Gasteiger partial charge in [-0.2, -0.15) is 0 Å².